The van der Waals surface area contributed by atoms with Gasteiger partial charge in [-0.3, -0.25) is 4.79 Å². The molecule has 1 fully saturated rings. The molecule has 2 heterocycles. The number of hydrogen-bond acceptors (Lipinski definition) is 4. The summed E-state index contributed by atoms with van der Waals surface area (Å²) < 4.78 is 25.8. The molecule has 0 atom stereocenters. The van der Waals surface area contributed by atoms with Gasteiger partial charge in [-0.25, -0.2) is 8.42 Å². The molecule has 5 nitrogen and oxygen atoms in total. The minimum Gasteiger partial charge on any atom is -0.354 e. The summed E-state index contributed by atoms with van der Waals surface area (Å²) >= 11 is 6.68. The molecule has 0 spiro atoms. The number of rotatable bonds is 2. The van der Waals surface area contributed by atoms with Crippen molar-refractivity contribution < 1.29 is 13.2 Å². The van der Waals surface area contributed by atoms with E-state index in [1.165, 1.54) is 12.1 Å². The Labute approximate surface area is 102 Å². The van der Waals surface area contributed by atoms with Crippen LogP contribution in [0, 0.1) is 0 Å². The van der Waals surface area contributed by atoms with Gasteiger partial charge in [0, 0.05) is 13.1 Å². The highest BCUT2D eigenvalue weighted by molar-refractivity contribution is 7.91. The SMILES string of the molecule is O=C1CN(S(=O)(=O)c2ccc(Cl)s2)CCN1. The minimum atomic E-state index is -3.57. The van der Waals surface area contributed by atoms with Gasteiger partial charge in [0.05, 0.1) is 10.9 Å². The molecule has 1 aromatic heterocycles. The number of sulfonamides is 1. The Balaban J connectivity index is 2.28. The lowest BCUT2D eigenvalue weighted by Gasteiger charge is -2.25. The van der Waals surface area contributed by atoms with E-state index in [0.29, 0.717) is 17.4 Å². The molecular weight excluding hydrogens is 272 g/mol. The third kappa shape index (κ3) is 2.22. The molecule has 8 heteroatoms. The quantitative estimate of drug-likeness (QED) is 0.859. The fourth-order valence-corrected chi connectivity index (χ4v) is 4.42. The molecule has 0 bridgehead atoms. The maximum atomic E-state index is 12.0. The molecule has 1 aliphatic heterocycles. The number of carbonyl (C=O) groups is 1. The first kappa shape index (κ1) is 11.8. The third-order valence-corrected chi connectivity index (χ3v) is 5.69. The standard InChI is InChI=1S/C8H9ClN2O3S2/c9-6-1-2-8(15-6)16(13,14)11-4-3-10-7(12)5-11/h1-2H,3-5H2,(H,10,12). The summed E-state index contributed by atoms with van der Waals surface area (Å²) in [7, 11) is -3.57. The fraction of sp³-hybridized carbons (Fsp3) is 0.375. The Bertz CT molecular complexity index is 511. The Morgan fingerprint density at radius 2 is 2.19 bits per heavy atom. The Kier molecular flexibility index (Phi) is 3.20. The van der Waals surface area contributed by atoms with Crippen molar-refractivity contribution in [1.82, 2.24) is 9.62 Å². The summed E-state index contributed by atoms with van der Waals surface area (Å²) in [5.74, 6) is -0.280. The van der Waals surface area contributed by atoms with E-state index in [0.717, 1.165) is 15.6 Å². The Morgan fingerprint density at radius 3 is 2.75 bits per heavy atom. The molecule has 16 heavy (non-hydrogen) atoms. The van der Waals surface area contributed by atoms with Crippen molar-refractivity contribution in [3.8, 4) is 0 Å². The van der Waals surface area contributed by atoms with Gasteiger partial charge in [0.25, 0.3) is 10.0 Å². The molecule has 0 aromatic carbocycles. The van der Waals surface area contributed by atoms with E-state index in [2.05, 4.69) is 5.32 Å². The van der Waals surface area contributed by atoms with Crippen LogP contribution in [-0.4, -0.2) is 38.3 Å². The van der Waals surface area contributed by atoms with Gasteiger partial charge in [-0.15, -0.1) is 11.3 Å². The Morgan fingerprint density at radius 1 is 1.44 bits per heavy atom. The van der Waals surface area contributed by atoms with Crippen molar-refractivity contribution in [1.29, 1.82) is 0 Å². The molecule has 0 aliphatic carbocycles. The molecule has 0 saturated carbocycles. The normalized spacial score (nSPS) is 18.4. The van der Waals surface area contributed by atoms with Crippen LogP contribution >= 0.6 is 22.9 Å². The second-order valence-electron chi connectivity index (χ2n) is 3.25. The second kappa shape index (κ2) is 4.33. The molecule has 88 valence electrons. The zero-order valence-electron chi connectivity index (χ0n) is 8.14. The fourth-order valence-electron chi connectivity index (χ4n) is 1.38. The van der Waals surface area contributed by atoms with Crippen LogP contribution in [0.2, 0.25) is 4.34 Å². The molecule has 1 aliphatic rings. The number of thiophene rings is 1. The van der Waals surface area contributed by atoms with Crippen LogP contribution in [0.3, 0.4) is 0 Å². The highest BCUT2D eigenvalue weighted by Gasteiger charge is 2.30. The van der Waals surface area contributed by atoms with Crippen LogP contribution in [0.1, 0.15) is 0 Å². The largest absolute Gasteiger partial charge is 0.354 e. The number of piperazine rings is 1. The average Bonchev–Trinajstić information content (AvgIpc) is 2.65. The lowest BCUT2D eigenvalue weighted by atomic mass is 10.4. The number of carbonyl (C=O) groups excluding carboxylic acids is 1. The van der Waals surface area contributed by atoms with Crippen LogP contribution in [0.5, 0.6) is 0 Å². The van der Waals surface area contributed by atoms with E-state index in [9.17, 15) is 13.2 Å². The lowest BCUT2D eigenvalue weighted by molar-refractivity contribution is -0.122. The van der Waals surface area contributed by atoms with Crippen LogP contribution in [0.25, 0.3) is 0 Å². The average molecular weight is 281 g/mol. The van der Waals surface area contributed by atoms with Gasteiger partial charge in [-0.1, -0.05) is 11.6 Å². The summed E-state index contributed by atoms with van der Waals surface area (Å²) in [6.07, 6.45) is 0. The molecular formula is C8H9ClN2O3S2. The number of nitrogens with zero attached hydrogens (tertiary/aromatic N) is 1. The van der Waals surface area contributed by atoms with Crippen molar-refractivity contribution in [3.63, 3.8) is 0 Å². The van der Waals surface area contributed by atoms with Gasteiger partial charge >= 0.3 is 0 Å². The zero-order chi connectivity index (χ0) is 11.8. The molecule has 1 saturated heterocycles. The maximum absolute atomic E-state index is 12.0. The topological polar surface area (TPSA) is 66.5 Å². The van der Waals surface area contributed by atoms with Gasteiger partial charge in [0.1, 0.15) is 4.21 Å². The predicted octanol–water partition coefficient (Wildman–Crippen LogP) is 0.522. The van der Waals surface area contributed by atoms with Crippen LogP contribution in [0.15, 0.2) is 16.3 Å². The van der Waals surface area contributed by atoms with E-state index < -0.39 is 10.0 Å². The van der Waals surface area contributed by atoms with Gasteiger partial charge in [-0.2, -0.15) is 4.31 Å². The summed E-state index contributed by atoms with van der Waals surface area (Å²) in [5.41, 5.74) is 0. The smallest absolute Gasteiger partial charge is 0.253 e. The number of hydrogen-bond donors (Lipinski definition) is 1. The third-order valence-electron chi connectivity index (χ3n) is 2.15. The van der Waals surface area contributed by atoms with Gasteiger partial charge in [0.2, 0.25) is 5.91 Å². The van der Waals surface area contributed by atoms with E-state index in [1.54, 1.807) is 0 Å². The van der Waals surface area contributed by atoms with Crippen molar-refractivity contribution in [2.45, 2.75) is 4.21 Å². The van der Waals surface area contributed by atoms with Gasteiger partial charge in [-0.05, 0) is 12.1 Å². The second-order valence-corrected chi connectivity index (χ2v) is 7.13. The molecule has 0 radical (unpaired) electrons. The number of amides is 1. The van der Waals surface area contributed by atoms with Gasteiger partial charge < -0.3 is 5.32 Å². The Hall–Kier alpha value is -0.630. The molecule has 2 rings (SSSR count). The molecule has 1 amide bonds. The van der Waals surface area contributed by atoms with E-state index >= 15 is 0 Å². The summed E-state index contributed by atoms with van der Waals surface area (Å²) in [6, 6.07) is 2.98. The van der Waals surface area contributed by atoms with Crippen LogP contribution < -0.4 is 5.32 Å². The molecule has 1 aromatic rings. The van der Waals surface area contributed by atoms with E-state index in [4.69, 9.17) is 11.6 Å². The van der Waals surface area contributed by atoms with Crippen molar-refractivity contribution in [3.05, 3.63) is 16.5 Å². The van der Waals surface area contributed by atoms with Crippen molar-refractivity contribution in [2.24, 2.45) is 0 Å². The first-order chi connectivity index (χ1) is 7.50. The number of nitrogens with one attached hydrogen (secondary N) is 1. The molecule has 1 N–H and O–H groups in total. The maximum Gasteiger partial charge on any atom is 0.253 e. The van der Waals surface area contributed by atoms with Crippen molar-refractivity contribution in [2.75, 3.05) is 19.6 Å². The van der Waals surface area contributed by atoms with Gasteiger partial charge in [0.15, 0.2) is 0 Å². The zero-order valence-corrected chi connectivity index (χ0v) is 10.5. The monoisotopic (exact) mass is 280 g/mol. The predicted molar refractivity (Wildman–Crippen MR) is 61.1 cm³/mol. The highest BCUT2D eigenvalue weighted by atomic mass is 35.5. The minimum absolute atomic E-state index is 0.127. The van der Waals surface area contributed by atoms with Crippen LogP contribution in [0.4, 0.5) is 0 Å². The summed E-state index contributed by atoms with van der Waals surface area (Å²) in [5, 5.41) is 2.57. The first-order valence-corrected chi connectivity index (χ1v) is 7.16. The summed E-state index contributed by atoms with van der Waals surface area (Å²) in [4.78, 5) is 11.1. The number of halogens is 1. The van der Waals surface area contributed by atoms with Crippen molar-refractivity contribution >= 4 is 38.9 Å². The lowest BCUT2D eigenvalue weighted by Crippen LogP contribution is -2.49. The first-order valence-electron chi connectivity index (χ1n) is 4.52. The highest BCUT2D eigenvalue weighted by Crippen LogP contribution is 2.28. The molecule has 0 unspecified atom stereocenters. The van der Waals surface area contributed by atoms with E-state index in [1.807, 2.05) is 0 Å². The van der Waals surface area contributed by atoms with E-state index in [-0.39, 0.29) is 16.7 Å². The van der Waals surface area contributed by atoms with Crippen LogP contribution in [-0.2, 0) is 14.8 Å². The summed E-state index contributed by atoms with van der Waals surface area (Å²) in [6.45, 7) is 0.513.